The van der Waals surface area contributed by atoms with E-state index in [2.05, 4.69) is 14.9 Å². The van der Waals surface area contributed by atoms with Crippen LogP contribution in [0.4, 0.5) is 5.82 Å². The van der Waals surface area contributed by atoms with Gasteiger partial charge in [0.15, 0.2) is 0 Å². The van der Waals surface area contributed by atoms with Crippen molar-refractivity contribution in [2.45, 2.75) is 25.8 Å². The molecule has 1 saturated heterocycles. The van der Waals surface area contributed by atoms with Crippen molar-refractivity contribution >= 4 is 11.7 Å². The summed E-state index contributed by atoms with van der Waals surface area (Å²) in [7, 11) is 3.43. The number of pyridine rings is 2. The molecule has 25 heavy (non-hydrogen) atoms. The maximum Gasteiger partial charge on any atom is 0.255 e. The average molecular weight is 340 g/mol. The molecule has 0 aromatic carbocycles. The summed E-state index contributed by atoms with van der Waals surface area (Å²) in [4.78, 5) is 25.6. The minimum absolute atomic E-state index is 0.0146. The van der Waals surface area contributed by atoms with Gasteiger partial charge in [0.25, 0.3) is 5.91 Å². The third kappa shape index (κ3) is 3.90. The number of piperidine rings is 1. The van der Waals surface area contributed by atoms with Crippen molar-refractivity contribution in [1.29, 1.82) is 0 Å². The molecule has 0 bridgehead atoms. The monoisotopic (exact) mass is 340 g/mol. The lowest BCUT2D eigenvalue weighted by molar-refractivity contribution is 0.0716. The van der Waals surface area contributed by atoms with Crippen molar-refractivity contribution in [3.63, 3.8) is 0 Å². The highest BCUT2D eigenvalue weighted by Crippen LogP contribution is 2.22. The molecule has 3 heterocycles. The van der Waals surface area contributed by atoms with Gasteiger partial charge >= 0.3 is 0 Å². The highest BCUT2D eigenvalue weighted by atomic mass is 16.5. The van der Waals surface area contributed by atoms with Gasteiger partial charge in [0, 0.05) is 44.1 Å². The maximum atomic E-state index is 12.8. The number of likely N-dealkylation sites (N-methyl/N-ethyl adjacent to an activating group) is 1. The summed E-state index contributed by atoms with van der Waals surface area (Å²) in [5, 5.41) is 0. The quantitative estimate of drug-likeness (QED) is 0.856. The highest BCUT2D eigenvalue weighted by Gasteiger charge is 2.27. The second-order valence-corrected chi connectivity index (χ2v) is 6.38. The van der Waals surface area contributed by atoms with Crippen LogP contribution in [0.25, 0.3) is 0 Å². The number of methoxy groups -OCH3 is 1. The Bertz CT molecular complexity index is 732. The number of anilines is 1. The van der Waals surface area contributed by atoms with E-state index < -0.39 is 0 Å². The Morgan fingerprint density at radius 2 is 2.16 bits per heavy atom. The van der Waals surface area contributed by atoms with Crippen LogP contribution in [0, 0.1) is 6.92 Å². The second-order valence-electron chi connectivity index (χ2n) is 6.38. The Balaban J connectivity index is 1.70. The molecule has 1 atom stereocenters. The number of rotatable bonds is 4. The van der Waals surface area contributed by atoms with E-state index in [-0.39, 0.29) is 11.9 Å². The third-order valence-electron chi connectivity index (χ3n) is 4.65. The van der Waals surface area contributed by atoms with Crippen molar-refractivity contribution in [2.75, 3.05) is 32.1 Å². The molecule has 3 rings (SSSR count). The minimum atomic E-state index is -0.0146. The lowest BCUT2D eigenvalue weighted by atomic mass is 10.0. The first kappa shape index (κ1) is 17.2. The molecule has 6 nitrogen and oxygen atoms in total. The van der Waals surface area contributed by atoms with Gasteiger partial charge in [-0.25, -0.2) is 9.97 Å². The van der Waals surface area contributed by atoms with Crippen molar-refractivity contribution < 1.29 is 9.53 Å². The van der Waals surface area contributed by atoms with E-state index in [1.165, 1.54) is 0 Å². The van der Waals surface area contributed by atoms with E-state index in [9.17, 15) is 4.79 Å². The fourth-order valence-electron chi connectivity index (χ4n) is 3.18. The molecule has 132 valence electrons. The number of ether oxygens (including phenoxy) is 1. The Morgan fingerprint density at radius 3 is 2.84 bits per heavy atom. The molecular formula is C19H24N4O2. The van der Waals surface area contributed by atoms with Gasteiger partial charge in [-0.05, 0) is 38.0 Å². The van der Waals surface area contributed by atoms with Gasteiger partial charge in [0.2, 0.25) is 5.88 Å². The number of nitrogens with zero attached hydrogens (tertiary/aromatic N) is 4. The van der Waals surface area contributed by atoms with Crippen LogP contribution in [0.5, 0.6) is 5.88 Å². The molecule has 1 fully saturated rings. The molecular weight excluding hydrogens is 316 g/mol. The van der Waals surface area contributed by atoms with E-state index >= 15 is 0 Å². The molecule has 1 aliphatic heterocycles. The molecule has 1 amide bonds. The Hall–Kier alpha value is -2.63. The molecule has 1 unspecified atom stereocenters. The van der Waals surface area contributed by atoms with Crippen molar-refractivity contribution in [2.24, 2.45) is 0 Å². The molecule has 6 heteroatoms. The first-order chi connectivity index (χ1) is 12.1. The summed E-state index contributed by atoms with van der Waals surface area (Å²) in [6.07, 6.45) is 3.60. The number of hydrogen-bond donors (Lipinski definition) is 0. The van der Waals surface area contributed by atoms with E-state index in [0.717, 1.165) is 37.4 Å². The summed E-state index contributed by atoms with van der Waals surface area (Å²) >= 11 is 0. The second kappa shape index (κ2) is 7.51. The third-order valence-corrected chi connectivity index (χ3v) is 4.65. The number of aryl methyl sites for hydroxylation is 1. The Morgan fingerprint density at radius 1 is 1.32 bits per heavy atom. The summed E-state index contributed by atoms with van der Waals surface area (Å²) in [6, 6.07) is 9.69. The number of aromatic nitrogens is 2. The topological polar surface area (TPSA) is 58.6 Å². The number of amides is 1. The van der Waals surface area contributed by atoms with Gasteiger partial charge in [-0.2, -0.15) is 0 Å². The number of carbonyl (C=O) groups excluding carboxylic acids is 1. The van der Waals surface area contributed by atoms with Crippen LogP contribution >= 0.6 is 0 Å². The normalized spacial score (nSPS) is 17.2. The SMILES string of the molecule is COc1ccc(C(=O)N(C)C2CCCN(c3cccc(C)n3)C2)cn1. The average Bonchev–Trinajstić information content (AvgIpc) is 2.67. The van der Waals surface area contributed by atoms with Gasteiger partial charge in [0.05, 0.1) is 12.7 Å². The first-order valence-electron chi connectivity index (χ1n) is 8.54. The smallest absolute Gasteiger partial charge is 0.255 e. The fraction of sp³-hybridized carbons (Fsp3) is 0.421. The summed E-state index contributed by atoms with van der Waals surface area (Å²) in [6.45, 7) is 3.76. The van der Waals surface area contributed by atoms with Crippen LogP contribution < -0.4 is 9.64 Å². The molecule has 1 aliphatic rings. The zero-order valence-corrected chi connectivity index (χ0v) is 15.0. The largest absolute Gasteiger partial charge is 0.481 e. The van der Waals surface area contributed by atoms with Gasteiger partial charge in [-0.15, -0.1) is 0 Å². The molecule has 0 aliphatic carbocycles. The van der Waals surface area contributed by atoms with Gasteiger partial charge < -0.3 is 14.5 Å². The van der Waals surface area contributed by atoms with Crippen LogP contribution in [0.1, 0.15) is 28.9 Å². The van der Waals surface area contributed by atoms with E-state index in [1.807, 2.05) is 37.1 Å². The number of carbonyl (C=O) groups is 1. The Kier molecular flexibility index (Phi) is 5.16. The van der Waals surface area contributed by atoms with Crippen LogP contribution in [-0.4, -0.2) is 54.1 Å². The van der Waals surface area contributed by atoms with E-state index in [1.54, 1.807) is 25.4 Å². The van der Waals surface area contributed by atoms with E-state index in [4.69, 9.17) is 4.74 Å². The summed E-state index contributed by atoms with van der Waals surface area (Å²) in [5.41, 5.74) is 1.59. The van der Waals surface area contributed by atoms with Crippen molar-refractivity contribution in [1.82, 2.24) is 14.9 Å². The lowest BCUT2D eigenvalue weighted by Gasteiger charge is -2.38. The van der Waals surface area contributed by atoms with Crippen LogP contribution in [0.2, 0.25) is 0 Å². The van der Waals surface area contributed by atoms with Crippen molar-refractivity contribution in [3.05, 3.63) is 47.8 Å². The predicted octanol–water partition coefficient (Wildman–Crippen LogP) is 2.53. The van der Waals surface area contributed by atoms with E-state index in [0.29, 0.717) is 11.4 Å². The standard InChI is InChI=1S/C19H24N4O2/c1-14-6-4-8-17(21-14)23-11-5-7-16(13-23)22(2)19(24)15-9-10-18(25-3)20-12-15/h4,6,8-10,12,16H,5,7,11,13H2,1-3H3. The molecule has 2 aromatic heterocycles. The molecule has 0 radical (unpaired) electrons. The Labute approximate surface area is 148 Å². The highest BCUT2D eigenvalue weighted by molar-refractivity contribution is 5.94. The summed E-state index contributed by atoms with van der Waals surface area (Å²) in [5.74, 6) is 1.48. The molecule has 0 spiro atoms. The minimum Gasteiger partial charge on any atom is -0.481 e. The fourth-order valence-corrected chi connectivity index (χ4v) is 3.18. The zero-order chi connectivity index (χ0) is 17.8. The molecule has 2 aromatic rings. The maximum absolute atomic E-state index is 12.8. The summed E-state index contributed by atoms with van der Waals surface area (Å²) < 4.78 is 5.05. The molecule has 0 saturated carbocycles. The predicted molar refractivity (Wildman–Crippen MR) is 97.1 cm³/mol. The van der Waals surface area contributed by atoms with Crippen LogP contribution in [0.15, 0.2) is 36.5 Å². The zero-order valence-electron chi connectivity index (χ0n) is 15.0. The van der Waals surface area contributed by atoms with Crippen molar-refractivity contribution in [3.8, 4) is 5.88 Å². The van der Waals surface area contributed by atoms with Gasteiger partial charge in [-0.1, -0.05) is 6.07 Å². The first-order valence-corrected chi connectivity index (χ1v) is 8.54. The molecule has 0 N–H and O–H groups in total. The van der Waals surface area contributed by atoms with Gasteiger partial charge in [0.1, 0.15) is 5.82 Å². The van der Waals surface area contributed by atoms with Crippen LogP contribution in [0.3, 0.4) is 0 Å². The van der Waals surface area contributed by atoms with Crippen LogP contribution in [-0.2, 0) is 0 Å². The number of hydrogen-bond acceptors (Lipinski definition) is 5. The van der Waals surface area contributed by atoms with Gasteiger partial charge in [-0.3, -0.25) is 4.79 Å². The lowest BCUT2D eigenvalue weighted by Crippen LogP contribution is -2.48.